The Morgan fingerprint density at radius 2 is 1.93 bits per heavy atom. The van der Waals surface area contributed by atoms with Crippen molar-refractivity contribution in [2.45, 2.75) is 13.8 Å². The van der Waals surface area contributed by atoms with E-state index in [0.717, 1.165) is 22.2 Å². The van der Waals surface area contributed by atoms with Crippen LogP contribution in [0.2, 0.25) is 0 Å². The van der Waals surface area contributed by atoms with Gasteiger partial charge < -0.3 is 19.9 Å². The molecule has 2 aromatic carbocycles. The van der Waals surface area contributed by atoms with Gasteiger partial charge in [-0.25, -0.2) is 0 Å². The number of carbonyl (C=O) groups is 2. The molecule has 0 atom stereocenters. The number of benzene rings is 2. The van der Waals surface area contributed by atoms with Crippen molar-refractivity contribution in [2.75, 3.05) is 26.0 Å². The van der Waals surface area contributed by atoms with Gasteiger partial charge in [0.25, 0.3) is 5.91 Å². The largest absolute Gasteiger partial charge is 0.497 e. The first kappa shape index (κ1) is 18.5. The Balaban J connectivity index is 1.69. The molecule has 0 radical (unpaired) electrons. The van der Waals surface area contributed by atoms with Gasteiger partial charge in [-0.2, -0.15) is 0 Å². The lowest BCUT2D eigenvalue weighted by atomic mass is 10.1. The number of anilines is 1. The number of aromatic nitrogens is 1. The molecule has 0 aliphatic heterocycles. The maximum atomic E-state index is 12.7. The summed E-state index contributed by atoms with van der Waals surface area (Å²) in [5.41, 5.74) is 4.39. The van der Waals surface area contributed by atoms with Crippen molar-refractivity contribution >= 4 is 28.4 Å². The van der Waals surface area contributed by atoms with Gasteiger partial charge in [0.1, 0.15) is 5.75 Å². The van der Waals surface area contributed by atoms with Gasteiger partial charge >= 0.3 is 0 Å². The topological polar surface area (TPSA) is 74.4 Å². The molecule has 27 heavy (non-hydrogen) atoms. The van der Waals surface area contributed by atoms with E-state index < -0.39 is 0 Å². The van der Waals surface area contributed by atoms with Gasteiger partial charge in [-0.15, -0.1) is 0 Å². The van der Waals surface area contributed by atoms with Crippen molar-refractivity contribution in [1.82, 2.24) is 9.88 Å². The summed E-state index contributed by atoms with van der Waals surface area (Å²) in [6.07, 6.45) is 0. The van der Waals surface area contributed by atoms with Gasteiger partial charge in [-0.1, -0.05) is 6.07 Å². The van der Waals surface area contributed by atoms with Crippen LogP contribution in [0.15, 0.2) is 42.5 Å². The van der Waals surface area contributed by atoms with Crippen LogP contribution < -0.4 is 10.1 Å². The number of likely N-dealkylation sites (N-methyl/N-ethyl adjacent to an activating group) is 1. The normalized spacial score (nSPS) is 10.7. The first-order valence-corrected chi connectivity index (χ1v) is 8.67. The SMILES string of the molecule is COc1cccc(NC(=O)CN(C)C(=O)c2ccc3[nH]c(C)c(C)c3c2)c1. The van der Waals surface area contributed by atoms with Gasteiger partial charge in [-0.05, 0) is 49.7 Å². The average Bonchev–Trinajstić information content (AvgIpc) is 2.94. The summed E-state index contributed by atoms with van der Waals surface area (Å²) in [5, 5.41) is 3.80. The lowest BCUT2D eigenvalue weighted by Gasteiger charge is -2.17. The Hall–Kier alpha value is -3.28. The third-order valence-electron chi connectivity index (χ3n) is 4.64. The smallest absolute Gasteiger partial charge is 0.254 e. The third kappa shape index (κ3) is 3.95. The molecule has 0 saturated carbocycles. The number of carbonyl (C=O) groups excluding carboxylic acids is 2. The zero-order valence-corrected chi connectivity index (χ0v) is 15.9. The highest BCUT2D eigenvalue weighted by Gasteiger charge is 2.16. The molecule has 140 valence electrons. The molecular formula is C21H23N3O3. The van der Waals surface area contributed by atoms with Gasteiger partial charge in [0.05, 0.1) is 13.7 Å². The lowest BCUT2D eigenvalue weighted by molar-refractivity contribution is -0.116. The number of aromatic amines is 1. The Labute approximate surface area is 158 Å². The van der Waals surface area contributed by atoms with E-state index in [1.807, 2.05) is 26.0 Å². The number of amides is 2. The molecule has 6 heteroatoms. The van der Waals surface area contributed by atoms with E-state index in [-0.39, 0.29) is 18.4 Å². The Morgan fingerprint density at radius 1 is 1.15 bits per heavy atom. The minimum absolute atomic E-state index is 0.0424. The van der Waals surface area contributed by atoms with Crippen molar-refractivity contribution in [3.63, 3.8) is 0 Å². The number of fused-ring (bicyclic) bond motifs is 1. The highest BCUT2D eigenvalue weighted by atomic mass is 16.5. The molecular weight excluding hydrogens is 342 g/mol. The molecule has 6 nitrogen and oxygen atoms in total. The predicted octanol–water partition coefficient (Wildman–Crippen LogP) is 3.50. The predicted molar refractivity (Wildman–Crippen MR) is 106 cm³/mol. The van der Waals surface area contributed by atoms with Crippen LogP contribution in [-0.2, 0) is 4.79 Å². The zero-order chi connectivity index (χ0) is 19.6. The van der Waals surface area contributed by atoms with Crippen LogP contribution in [0.5, 0.6) is 5.75 Å². The van der Waals surface area contributed by atoms with E-state index >= 15 is 0 Å². The van der Waals surface area contributed by atoms with Crippen LogP contribution in [0.1, 0.15) is 21.6 Å². The first-order valence-electron chi connectivity index (χ1n) is 8.67. The fraction of sp³-hybridized carbons (Fsp3) is 0.238. The summed E-state index contributed by atoms with van der Waals surface area (Å²) in [6.45, 7) is 3.98. The van der Waals surface area contributed by atoms with Crippen LogP contribution in [0.4, 0.5) is 5.69 Å². The summed E-state index contributed by atoms with van der Waals surface area (Å²) in [6, 6.07) is 12.6. The van der Waals surface area contributed by atoms with E-state index in [2.05, 4.69) is 10.3 Å². The highest BCUT2D eigenvalue weighted by Crippen LogP contribution is 2.23. The molecule has 0 bridgehead atoms. The second-order valence-electron chi connectivity index (χ2n) is 6.58. The van der Waals surface area contributed by atoms with Crippen LogP contribution in [0.3, 0.4) is 0 Å². The number of ether oxygens (including phenoxy) is 1. The molecule has 2 amide bonds. The molecule has 1 heterocycles. The number of hydrogen-bond donors (Lipinski definition) is 2. The average molecular weight is 365 g/mol. The number of aryl methyl sites for hydroxylation is 2. The lowest BCUT2D eigenvalue weighted by Crippen LogP contribution is -2.34. The highest BCUT2D eigenvalue weighted by molar-refractivity contribution is 6.01. The van der Waals surface area contributed by atoms with Gasteiger partial charge in [0.15, 0.2) is 0 Å². The molecule has 0 spiro atoms. The molecule has 0 aliphatic carbocycles. The molecule has 0 fully saturated rings. The molecule has 3 aromatic rings. The van der Waals surface area contributed by atoms with Crippen LogP contribution in [0.25, 0.3) is 10.9 Å². The van der Waals surface area contributed by atoms with Crippen molar-refractivity contribution in [3.05, 3.63) is 59.3 Å². The minimum Gasteiger partial charge on any atom is -0.497 e. The van der Waals surface area contributed by atoms with E-state index in [4.69, 9.17) is 4.74 Å². The number of methoxy groups -OCH3 is 1. The minimum atomic E-state index is -0.270. The van der Waals surface area contributed by atoms with Crippen LogP contribution in [-0.4, -0.2) is 42.4 Å². The van der Waals surface area contributed by atoms with Crippen molar-refractivity contribution in [1.29, 1.82) is 0 Å². The standard InChI is InChI=1S/C21H23N3O3/c1-13-14(2)22-19-9-8-15(10-18(13)19)21(26)24(3)12-20(25)23-16-6-5-7-17(11-16)27-4/h5-11,22H,12H2,1-4H3,(H,23,25). The van der Waals surface area contributed by atoms with Crippen molar-refractivity contribution < 1.29 is 14.3 Å². The third-order valence-corrected chi connectivity index (χ3v) is 4.64. The van der Waals surface area contributed by atoms with Crippen LogP contribution in [0, 0.1) is 13.8 Å². The second-order valence-corrected chi connectivity index (χ2v) is 6.58. The number of nitrogens with zero attached hydrogens (tertiary/aromatic N) is 1. The number of nitrogens with one attached hydrogen (secondary N) is 2. The molecule has 0 saturated heterocycles. The zero-order valence-electron chi connectivity index (χ0n) is 15.9. The van der Waals surface area contributed by atoms with Gasteiger partial charge in [0.2, 0.25) is 5.91 Å². The Kier molecular flexibility index (Phi) is 5.16. The van der Waals surface area contributed by atoms with E-state index in [0.29, 0.717) is 17.0 Å². The number of H-pyrrole nitrogens is 1. The quantitative estimate of drug-likeness (QED) is 0.727. The molecule has 1 aromatic heterocycles. The van der Waals surface area contributed by atoms with Gasteiger partial charge in [-0.3, -0.25) is 9.59 Å². The molecule has 2 N–H and O–H groups in total. The summed E-state index contributed by atoms with van der Waals surface area (Å²) < 4.78 is 5.14. The van der Waals surface area contributed by atoms with Crippen LogP contribution >= 0.6 is 0 Å². The second kappa shape index (κ2) is 7.53. The summed E-state index contributed by atoms with van der Waals surface area (Å²) >= 11 is 0. The van der Waals surface area contributed by atoms with E-state index in [1.165, 1.54) is 4.90 Å². The molecule has 3 rings (SSSR count). The van der Waals surface area contributed by atoms with Gasteiger partial charge in [0, 0.05) is 41.0 Å². The summed E-state index contributed by atoms with van der Waals surface area (Å²) in [4.78, 5) is 29.7. The summed E-state index contributed by atoms with van der Waals surface area (Å²) in [7, 11) is 3.19. The first-order chi connectivity index (χ1) is 12.9. The number of rotatable bonds is 5. The fourth-order valence-corrected chi connectivity index (χ4v) is 3.00. The molecule has 0 unspecified atom stereocenters. The number of hydrogen-bond acceptors (Lipinski definition) is 3. The monoisotopic (exact) mass is 365 g/mol. The summed E-state index contributed by atoms with van der Waals surface area (Å²) in [5.74, 6) is 0.187. The van der Waals surface area contributed by atoms with Crippen molar-refractivity contribution in [3.8, 4) is 5.75 Å². The maximum absolute atomic E-state index is 12.7. The van der Waals surface area contributed by atoms with E-state index in [1.54, 1.807) is 44.5 Å². The Morgan fingerprint density at radius 3 is 2.67 bits per heavy atom. The van der Waals surface area contributed by atoms with Crippen molar-refractivity contribution in [2.24, 2.45) is 0 Å². The Bertz CT molecular complexity index is 1010. The molecule has 0 aliphatic rings. The fourth-order valence-electron chi connectivity index (χ4n) is 3.00. The maximum Gasteiger partial charge on any atom is 0.254 e. The van der Waals surface area contributed by atoms with E-state index in [9.17, 15) is 9.59 Å².